The number of nitrogens with zero attached hydrogens (tertiary/aromatic N) is 1. The van der Waals surface area contributed by atoms with E-state index in [4.69, 9.17) is 16.3 Å². The fraction of sp³-hybridized carbons (Fsp3) is 0.629. The van der Waals surface area contributed by atoms with Gasteiger partial charge in [-0.05, 0) is 125 Å². The SMILES string of the molecule is CC[C@@H](C[C@@](C)(CO)[C@@H]1CC[C@H]1CN1C[C@@]2(CCCc3cc(Cl)ccc32)COc2ccc(C(=O)NS(=O)(=O)C(C)C)cc21)NC. The molecule has 2 aromatic carbocycles. The van der Waals surface area contributed by atoms with Gasteiger partial charge in [0.15, 0.2) is 0 Å². The Bertz CT molecular complexity index is 1500. The lowest BCUT2D eigenvalue weighted by atomic mass is 9.58. The number of rotatable bonds is 11. The molecule has 1 saturated carbocycles. The average Bonchev–Trinajstić information content (AvgIpc) is 3.14. The van der Waals surface area contributed by atoms with Gasteiger partial charge in [0.25, 0.3) is 5.91 Å². The van der Waals surface area contributed by atoms with E-state index >= 15 is 0 Å². The first-order chi connectivity index (χ1) is 21.3. The molecule has 0 unspecified atom stereocenters. The minimum atomic E-state index is -3.79. The van der Waals surface area contributed by atoms with E-state index in [9.17, 15) is 18.3 Å². The van der Waals surface area contributed by atoms with Crippen LogP contribution in [-0.2, 0) is 21.9 Å². The summed E-state index contributed by atoms with van der Waals surface area (Å²) in [6.45, 7) is 9.60. The Kier molecular flexibility index (Phi) is 10.1. The Morgan fingerprint density at radius 3 is 2.64 bits per heavy atom. The van der Waals surface area contributed by atoms with Crippen molar-refractivity contribution < 1.29 is 23.1 Å². The van der Waals surface area contributed by atoms with Crippen LogP contribution >= 0.6 is 11.6 Å². The summed E-state index contributed by atoms with van der Waals surface area (Å²) in [7, 11) is -1.79. The summed E-state index contributed by atoms with van der Waals surface area (Å²) in [5.41, 5.74) is 3.14. The number of sulfonamides is 1. The number of aliphatic hydroxyl groups is 1. The third-order valence-corrected chi connectivity index (χ3v) is 12.8. The number of aryl methyl sites for hydroxylation is 1. The summed E-state index contributed by atoms with van der Waals surface area (Å²) in [6, 6.07) is 11.8. The van der Waals surface area contributed by atoms with E-state index in [0.29, 0.717) is 36.8 Å². The molecule has 0 aromatic heterocycles. The Morgan fingerprint density at radius 2 is 2.00 bits per heavy atom. The zero-order chi connectivity index (χ0) is 32.6. The zero-order valence-corrected chi connectivity index (χ0v) is 28.9. The molecule has 0 radical (unpaired) electrons. The lowest BCUT2D eigenvalue weighted by molar-refractivity contribution is -0.0229. The summed E-state index contributed by atoms with van der Waals surface area (Å²) < 4.78 is 33.9. The number of benzene rings is 2. The normalized spacial score (nSPS) is 24.9. The summed E-state index contributed by atoms with van der Waals surface area (Å²) >= 11 is 6.43. The third-order valence-electron chi connectivity index (χ3n) is 10.9. The number of anilines is 1. The molecule has 3 N–H and O–H groups in total. The van der Waals surface area contributed by atoms with Gasteiger partial charge in [-0.2, -0.15) is 0 Å². The number of hydrogen-bond donors (Lipinski definition) is 3. The molecular weight excluding hydrogens is 610 g/mol. The summed E-state index contributed by atoms with van der Waals surface area (Å²) in [5, 5.41) is 14.1. The van der Waals surface area contributed by atoms with Crippen LogP contribution in [0.15, 0.2) is 36.4 Å². The van der Waals surface area contributed by atoms with Gasteiger partial charge in [0.2, 0.25) is 10.0 Å². The molecule has 2 aliphatic carbocycles. The quantitative estimate of drug-likeness (QED) is 0.284. The van der Waals surface area contributed by atoms with Gasteiger partial charge in [-0.3, -0.25) is 4.79 Å². The molecule has 1 amide bonds. The first-order valence-electron chi connectivity index (χ1n) is 16.5. The second-order valence-corrected chi connectivity index (χ2v) is 16.8. The lowest BCUT2D eigenvalue weighted by Crippen LogP contribution is -2.52. The highest BCUT2D eigenvalue weighted by Gasteiger charge is 2.48. The van der Waals surface area contributed by atoms with Crippen molar-refractivity contribution in [3.05, 3.63) is 58.1 Å². The number of carbonyl (C=O) groups excluding carboxylic acids is 1. The third kappa shape index (κ3) is 6.87. The Balaban J connectivity index is 1.52. The van der Waals surface area contributed by atoms with E-state index in [-0.39, 0.29) is 23.0 Å². The number of halogens is 1. The van der Waals surface area contributed by atoms with Crippen molar-refractivity contribution in [2.24, 2.45) is 17.3 Å². The molecule has 248 valence electrons. The fourth-order valence-electron chi connectivity index (χ4n) is 7.90. The van der Waals surface area contributed by atoms with Crippen molar-refractivity contribution in [1.29, 1.82) is 0 Å². The summed E-state index contributed by atoms with van der Waals surface area (Å²) in [5.74, 6) is 0.758. The van der Waals surface area contributed by atoms with Gasteiger partial charge in [-0.15, -0.1) is 0 Å². The second-order valence-electron chi connectivity index (χ2n) is 14.2. The van der Waals surface area contributed by atoms with Crippen LogP contribution in [0.3, 0.4) is 0 Å². The van der Waals surface area contributed by atoms with Crippen LogP contribution in [0.2, 0.25) is 5.02 Å². The smallest absolute Gasteiger partial charge is 0.264 e. The molecule has 10 heteroatoms. The van der Waals surface area contributed by atoms with E-state index in [1.807, 2.05) is 13.1 Å². The molecule has 45 heavy (non-hydrogen) atoms. The maximum absolute atomic E-state index is 13.2. The van der Waals surface area contributed by atoms with Crippen LogP contribution in [0.25, 0.3) is 0 Å². The molecule has 0 bridgehead atoms. The van der Waals surface area contributed by atoms with Gasteiger partial charge in [-0.25, -0.2) is 13.1 Å². The molecule has 1 heterocycles. The average molecular weight is 660 g/mol. The van der Waals surface area contributed by atoms with Gasteiger partial charge < -0.3 is 20.1 Å². The molecule has 5 atom stereocenters. The summed E-state index contributed by atoms with van der Waals surface area (Å²) in [6.07, 6.45) is 7.01. The minimum Gasteiger partial charge on any atom is -0.490 e. The lowest BCUT2D eigenvalue weighted by Gasteiger charge is -2.51. The molecule has 8 nitrogen and oxygen atoms in total. The number of amides is 1. The second kappa shape index (κ2) is 13.4. The highest BCUT2D eigenvalue weighted by atomic mass is 35.5. The molecule has 3 aliphatic rings. The zero-order valence-electron chi connectivity index (χ0n) is 27.4. The van der Waals surface area contributed by atoms with Crippen molar-refractivity contribution in [3.63, 3.8) is 0 Å². The number of fused-ring (bicyclic) bond motifs is 3. The standard InChI is InChI=1S/C35H50ClN3O5S/c1-6-28(37-5)18-34(4,21-40)29-12-9-26(29)19-39-20-35(15-7-8-24-16-27(36)11-13-30(24)35)22-44-32-14-10-25(17-31(32)39)33(41)38-45(42,43)23(2)3/h10-11,13-14,16-17,23,26,28-29,37,40H,6-9,12,15,18-22H2,1-5H3,(H,38,41)/t26-,28-,29+,34-,35-/m0/s1. The predicted molar refractivity (Wildman–Crippen MR) is 181 cm³/mol. The van der Waals surface area contributed by atoms with Crippen LogP contribution in [0, 0.1) is 17.3 Å². The highest BCUT2D eigenvalue weighted by Crippen LogP contribution is 2.51. The molecule has 1 aliphatic heterocycles. The van der Waals surface area contributed by atoms with Crippen molar-refractivity contribution in [3.8, 4) is 5.75 Å². The fourth-order valence-corrected chi connectivity index (χ4v) is 8.70. The van der Waals surface area contributed by atoms with Crippen molar-refractivity contribution in [2.45, 2.75) is 89.3 Å². The maximum Gasteiger partial charge on any atom is 0.264 e. The first kappa shape index (κ1) is 34.0. The van der Waals surface area contributed by atoms with Crippen molar-refractivity contribution >= 4 is 33.2 Å². The van der Waals surface area contributed by atoms with Gasteiger partial charge in [0.05, 0.1) is 17.5 Å². The van der Waals surface area contributed by atoms with E-state index in [0.717, 1.165) is 62.2 Å². The van der Waals surface area contributed by atoms with Crippen molar-refractivity contribution in [2.75, 3.05) is 38.3 Å². The van der Waals surface area contributed by atoms with Crippen LogP contribution in [-0.4, -0.2) is 64.1 Å². The molecule has 0 saturated heterocycles. The largest absolute Gasteiger partial charge is 0.490 e. The van der Waals surface area contributed by atoms with E-state index in [1.165, 1.54) is 11.1 Å². The maximum atomic E-state index is 13.2. The molecule has 2 aromatic rings. The van der Waals surface area contributed by atoms with Gasteiger partial charge in [-0.1, -0.05) is 31.5 Å². The number of aliphatic hydroxyl groups excluding tert-OH is 1. The van der Waals surface area contributed by atoms with E-state index < -0.39 is 21.2 Å². The Morgan fingerprint density at radius 1 is 1.22 bits per heavy atom. The molecule has 1 fully saturated rings. The molecule has 5 rings (SSSR count). The highest BCUT2D eigenvalue weighted by molar-refractivity contribution is 7.90. The molecule has 1 spiro atoms. The van der Waals surface area contributed by atoms with Crippen molar-refractivity contribution in [1.82, 2.24) is 10.0 Å². The number of carbonyl (C=O) groups is 1. The van der Waals surface area contributed by atoms with Crippen LogP contribution < -0.4 is 19.7 Å². The van der Waals surface area contributed by atoms with Crippen LogP contribution in [0.1, 0.15) is 87.7 Å². The summed E-state index contributed by atoms with van der Waals surface area (Å²) in [4.78, 5) is 15.6. The minimum absolute atomic E-state index is 0.138. The monoisotopic (exact) mass is 659 g/mol. The Hall–Kier alpha value is -2.33. The number of hydrogen-bond acceptors (Lipinski definition) is 7. The predicted octanol–water partition coefficient (Wildman–Crippen LogP) is 5.69. The molecular formula is C35H50ClN3O5S. The number of ether oxygens (including phenoxy) is 1. The van der Waals surface area contributed by atoms with E-state index in [2.05, 4.69) is 40.9 Å². The Labute approximate surface area is 274 Å². The van der Waals surface area contributed by atoms with Crippen LogP contribution in [0.4, 0.5) is 5.69 Å². The van der Waals surface area contributed by atoms with Gasteiger partial charge in [0.1, 0.15) is 5.75 Å². The van der Waals surface area contributed by atoms with Gasteiger partial charge >= 0.3 is 0 Å². The van der Waals surface area contributed by atoms with Gasteiger partial charge in [0, 0.05) is 41.7 Å². The number of nitrogens with one attached hydrogen (secondary N) is 2. The topological polar surface area (TPSA) is 108 Å². The first-order valence-corrected chi connectivity index (χ1v) is 18.4. The van der Waals surface area contributed by atoms with E-state index in [1.54, 1.807) is 32.0 Å². The van der Waals surface area contributed by atoms with Crippen LogP contribution in [0.5, 0.6) is 5.75 Å².